The van der Waals surface area contributed by atoms with Crippen molar-refractivity contribution >= 4 is 11.8 Å². The fourth-order valence-corrected chi connectivity index (χ4v) is 3.63. The van der Waals surface area contributed by atoms with E-state index < -0.39 is 0 Å². The SMILES string of the molecule is O=C(NCCNC(=O)[C@@H]1CC2(CCNCC2)CN1)c1ccc(F)cc1. The van der Waals surface area contributed by atoms with Gasteiger partial charge >= 0.3 is 0 Å². The number of amides is 2. The van der Waals surface area contributed by atoms with Gasteiger partial charge in [0.15, 0.2) is 0 Å². The minimum atomic E-state index is -0.376. The molecule has 1 atom stereocenters. The minimum absolute atomic E-state index is 0.00793. The molecular weight excluding hydrogens is 323 g/mol. The standard InChI is InChI=1S/C18H25FN4O2/c19-14-3-1-13(2-4-14)16(24)21-9-10-22-17(25)15-11-18(12-23-15)5-7-20-8-6-18/h1-4,15,20,23H,5-12H2,(H,21,24)(H,22,25)/t15-/m0/s1. The summed E-state index contributed by atoms with van der Waals surface area (Å²) in [6.07, 6.45) is 3.09. The Bertz CT molecular complexity index is 614. The van der Waals surface area contributed by atoms with Gasteiger partial charge in [0.1, 0.15) is 5.82 Å². The number of nitrogens with one attached hydrogen (secondary N) is 4. The van der Waals surface area contributed by atoms with Gasteiger partial charge in [-0.15, -0.1) is 0 Å². The summed E-state index contributed by atoms with van der Waals surface area (Å²) in [6.45, 7) is 3.65. The van der Waals surface area contributed by atoms with E-state index >= 15 is 0 Å². The maximum Gasteiger partial charge on any atom is 0.251 e. The number of halogens is 1. The van der Waals surface area contributed by atoms with Crippen LogP contribution in [0.15, 0.2) is 24.3 Å². The first-order chi connectivity index (χ1) is 12.1. The van der Waals surface area contributed by atoms with E-state index in [0.29, 0.717) is 18.7 Å². The van der Waals surface area contributed by atoms with Gasteiger partial charge in [-0.25, -0.2) is 4.39 Å². The zero-order valence-electron chi connectivity index (χ0n) is 14.2. The number of benzene rings is 1. The fraction of sp³-hybridized carbons (Fsp3) is 0.556. The summed E-state index contributed by atoms with van der Waals surface area (Å²) in [5.74, 6) is -0.660. The summed E-state index contributed by atoms with van der Waals surface area (Å²) in [5.41, 5.74) is 0.655. The van der Waals surface area contributed by atoms with Gasteiger partial charge in [-0.2, -0.15) is 0 Å². The van der Waals surface area contributed by atoms with Crippen LogP contribution in [-0.2, 0) is 4.79 Å². The summed E-state index contributed by atoms with van der Waals surface area (Å²) in [7, 11) is 0. The number of carbonyl (C=O) groups is 2. The van der Waals surface area contributed by atoms with Gasteiger partial charge in [0.05, 0.1) is 6.04 Å². The molecule has 1 aromatic carbocycles. The second-order valence-electron chi connectivity index (χ2n) is 6.94. The van der Waals surface area contributed by atoms with Gasteiger partial charge in [-0.05, 0) is 62.0 Å². The Morgan fingerprint density at radius 2 is 1.80 bits per heavy atom. The van der Waals surface area contributed by atoms with Crippen LogP contribution in [0.5, 0.6) is 0 Å². The van der Waals surface area contributed by atoms with E-state index in [4.69, 9.17) is 0 Å². The van der Waals surface area contributed by atoms with Crippen molar-refractivity contribution in [1.29, 1.82) is 0 Å². The van der Waals surface area contributed by atoms with E-state index in [-0.39, 0.29) is 29.1 Å². The Hall–Kier alpha value is -1.99. The average molecular weight is 348 g/mol. The molecule has 0 unspecified atom stereocenters. The highest BCUT2D eigenvalue weighted by Gasteiger charge is 2.41. The normalized spacial score (nSPS) is 21.9. The van der Waals surface area contributed by atoms with E-state index in [9.17, 15) is 14.0 Å². The lowest BCUT2D eigenvalue weighted by atomic mass is 9.77. The molecule has 2 aliphatic rings. The van der Waals surface area contributed by atoms with Crippen LogP contribution in [0.1, 0.15) is 29.6 Å². The Labute approximate surface area is 146 Å². The van der Waals surface area contributed by atoms with Gasteiger partial charge in [-0.3, -0.25) is 9.59 Å². The Morgan fingerprint density at radius 1 is 1.12 bits per heavy atom. The van der Waals surface area contributed by atoms with Gasteiger partial charge < -0.3 is 21.3 Å². The monoisotopic (exact) mass is 348 g/mol. The number of piperidine rings is 1. The molecule has 6 nitrogen and oxygen atoms in total. The first-order valence-electron chi connectivity index (χ1n) is 8.84. The molecule has 1 aromatic rings. The maximum absolute atomic E-state index is 12.8. The molecule has 2 amide bonds. The van der Waals surface area contributed by atoms with Crippen molar-refractivity contribution in [3.8, 4) is 0 Å². The number of rotatable bonds is 5. The van der Waals surface area contributed by atoms with Gasteiger partial charge in [0.25, 0.3) is 5.91 Å². The van der Waals surface area contributed by atoms with Crippen molar-refractivity contribution in [2.24, 2.45) is 5.41 Å². The molecule has 3 rings (SSSR count). The summed E-state index contributed by atoms with van der Waals surface area (Å²) in [5, 5.41) is 12.3. The molecule has 4 N–H and O–H groups in total. The second kappa shape index (κ2) is 7.93. The highest BCUT2D eigenvalue weighted by molar-refractivity contribution is 5.94. The quantitative estimate of drug-likeness (QED) is 0.581. The van der Waals surface area contributed by atoms with Crippen molar-refractivity contribution in [2.45, 2.75) is 25.3 Å². The molecular formula is C18H25FN4O2. The lowest BCUT2D eigenvalue weighted by Crippen LogP contribution is -2.43. The van der Waals surface area contributed by atoms with E-state index in [0.717, 1.165) is 38.9 Å². The van der Waals surface area contributed by atoms with Crippen LogP contribution in [0.4, 0.5) is 4.39 Å². The molecule has 0 aliphatic carbocycles. The molecule has 0 radical (unpaired) electrons. The van der Waals surface area contributed by atoms with Crippen LogP contribution in [0.3, 0.4) is 0 Å². The molecule has 2 saturated heterocycles. The molecule has 25 heavy (non-hydrogen) atoms. The molecule has 2 aliphatic heterocycles. The van der Waals surface area contributed by atoms with Crippen molar-refractivity contribution in [1.82, 2.24) is 21.3 Å². The number of carbonyl (C=O) groups excluding carboxylic acids is 2. The topological polar surface area (TPSA) is 82.3 Å². The summed E-state index contributed by atoms with van der Waals surface area (Å²) in [6, 6.07) is 5.22. The molecule has 2 heterocycles. The minimum Gasteiger partial charge on any atom is -0.353 e. The Kier molecular flexibility index (Phi) is 5.65. The zero-order chi connectivity index (χ0) is 17.7. The van der Waals surface area contributed by atoms with Gasteiger partial charge in [0, 0.05) is 25.2 Å². The molecule has 0 bridgehead atoms. The molecule has 2 fully saturated rings. The van der Waals surface area contributed by atoms with Gasteiger partial charge in [0.2, 0.25) is 5.91 Å². The summed E-state index contributed by atoms with van der Waals surface area (Å²) in [4.78, 5) is 24.2. The first kappa shape index (κ1) is 17.8. The fourth-order valence-electron chi connectivity index (χ4n) is 3.63. The van der Waals surface area contributed by atoms with Crippen LogP contribution in [-0.4, -0.2) is 50.6 Å². The lowest BCUT2D eigenvalue weighted by Gasteiger charge is -2.33. The highest BCUT2D eigenvalue weighted by atomic mass is 19.1. The summed E-state index contributed by atoms with van der Waals surface area (Å²) >= 11 is 0. The maximum atomic E-state index is 12.8. The van der Waals surface area contributed by atoms with Crippen LogP contribution >= 0.6 is 0 Å². The molecule has 0 aromatic heterocycles. The molecule has 136 valence electrons. The third-order valence-electron chi connectivity index (χ3n) is 5.16. The van der Waals surface area contributed by atoms with E-state index in [1.165, 1.54) is 24.3 Å². The highest BCUT2D eigenvalue weighted by Crippen LogP contribution is 2.37. The van der Waals surface area contributed by atoms with E-state index in [1.54, 1.807) is 0 Å². The van der Waals surface area contributed by atoms with Crippen molar-refractivity contribution < 1.29 is 14.0 Å². The van der Waals surface area contributed by atoms with Crippen LogP contribution < -0.4 is 21.3 Å². The average Bonchev–Trinajstić information content (AvgIpc) is 3.03. The van der Waals surface area contributed by atoms with Crippen LogP contribution in [0, 0.1) is 11.2 Å². The molecule has 1 spiro atoms. The third kappa shape index (κ3) is 4.55. The Balaban J connectivity index is 1.37. The Morgan fingerprint density at radius 3 is 2.52 bits per heavy atom. The smallest absolute Gasteiger partial charge is 0.251 e. The number of hydrogen-bond donors (Lipinski definition) is 4. The van der Waals surface area contributed by atoms with Crippen molar-refractivity contribution in [3.05, 3.63) is 35.6 Å². The first-order valence-corrected chi connectivity index (χ1v) is 8.84. The summed E-state index contributed by atoms with van der Waals surface area (Å²) < 4.78 is 12.8. The van der Waals surface area contributed by atoms with Crippen molar-refractivity contribution in [3.63, 3.8) is 0 Å². The second-order valence-corrected chi connectivity index (χ2v) is 6.94. The zero-order valence-corrected chi connectivity index (χ0v) is 14.2. The van der Waals surface area contributed by atoms with Crippen LogP contribution in [0.25, 0.3) is 0 Å². The molecule has 7 heteroatoms. The third-order valence-corrected chi connectivity index (χ3v) is 5.16. The number of hydrogen-bond acceptors (Lipinski definition) is 4. The van der Waals surface area contributed by atoms with Crippen LogP contribution in [0.2, 0.25) is 0 Å². The largest absolute Gasteiger partial charge is 0.353 e. The van der Waals surface area contributed by atoms with E-state index in [1.807, 2.05) is 0 Å². The van der Waals surface area contributed by atoms with Gasteiger partial charge in [-0.1, -0.05) is 0 Å². The van der Waals surface area contributed by atoms with E-state index in [2.05, 4.69) is 21.3 Å². The predicted molar refractivity (Wildman–Crippen MR) is 92.7 cm³/mol. The molecule has 0 saturated carbocycles. The predicted octanol–water partition coefficient (Wildman–Crippen LogP) is 0.403. The van der Waals surface area contributed by atoms with Crippen molar-refractivity contribution in [2.75, 3.05) is 32.7 Å². The lowest BCUT2D eigenvalue weighted by molar-refractivity contribution is -0.122.